The molecule has 1 aliphatic carbocycles. The lowest BCUT2D eigenvalue weighted by atomic mass is 9.86. The van der Waals surface area contributed by atoms with Gasteiger partial charge in [0.15, 0.2) is 6.10 Å². The summed E-state index contributed by atoms with van der Waals surface area (Å²) in [6.45, 7) is 0. The fourth-order valence-electron chi connectivity index (χ4n) is 3.91. The van der Waals surface area contributed by atoms with Crippen molar-refractivity contribution >= 4 is 5.97 Å². The van der Waals surface area contributed by atoms with Gasteiger partial charge >= 0.3 is 5.97 Å². The third-order valence-corrected chi connectivity index (χ3v) is 5.35. The molecule has 26 heavy (non-hydrogen) atoms. The van der Waals surface area contributed by atoms with Crippen molar-refractivity contribution in [3.63, 3.8) is 0 Å². The van der Waals surface area contributed by atoms with Gasteiger partial charge in [-0.15, -0.1) is 0 Å². The van der Waals surface area contributed by atoms with E-state index in [9.17, 15) is 9.90 Å². The van der Waals surface area contributed by atoms with E-state index < -0.39 is 11.6 Å². The maximum absolute atomic E-state index is 13.2. The maximum Gasteiger partial charge on any atom is 0.348 e. The van der Waals surface area contributed by atoms with E-state index >= 15 is 0 Å². The van der Waals surface area contributed by atoms with E-state index in [4.69, 9.17) is 4.74 Å². The molecule has 0 heterocycles. The zero-order valence-electron chi connectivity index (χ0n) is 15.8. The van der Waals surface area contributed by atoms with Crippen LogP contribution in [0, 0.1) is 0 Å². The molecular formula is C22H28NO3+. The predicted molar refractivity (Wildman–Crippen MR) is 101 cm³/mol. The van der Waals surface area contributed by atoms with Gasteiger partial charge < -0.3 is 14.3 Å². The van der Waals surface area contributed by atoms with Gasteiger partial charge in [0.2, 0.25) is 5.60 Å². The van der Waals surface area contributed by atoms with Crippen LogP contribution in [0.15, 0.2) is 60.7 Å². The molecule has 0 bridgehead atoms. The van der Waals surface area contributed by atoms with Crippen LogP contribution in [0.1, 0.15) is 30.4 Å². The Morgan fingerprint density at radius 1 is 0.962 bits per heavy atom. The normalized spacial score (nSPS) is 20.8. The third-order valence-electron chi connectivity index (χ3n) is 5.35. The minimum absolute atomic E-state index is 0.179. The lowest BCUT2D eigenvalue weighted by Gasteiger charge is -2.36. The molecule has 1 fully saturated rings. The third kappa shape index (κ3) is 3.53. The zero-order valence-corrected chi connectivity index (χ0v) is 15.8. The fraction of sp³-hybridized carbons (Fsp3) is 0.409. The van der Waals surface area contributed by atoms with E-state index in [1.54, 1.807) is 24.3 Å². The average molecular weight is 354 g/mol. The van der Waals surface area contributed by atoms with Gasteiger partial charge in [-0.05, 0) is 24.0 Å². The van der Waals surface area contributed by atoms with E-state index in [2.05, 4.69) is 21.1 Å². The first-order chi connectivity index (χ1) is 12.3. The van der Waals surface area contributed by atoms with Gasteiger partial charge in [-0.3, -0.25) is 0 Å². The summed E-state index contributed by atoms with van der Waals surface area (Å²) in [7, 11) is 6.37. The van der Waals surface area contributed by atoms with Crippen molar-refractivity contribution in [3.8, 4) is 0 Å². The standard InChI is InChI=1S/C22H28NO3/c1-23(2,3)19-15-10-16-20(19)26-21(24)22(25,17-11-6-4-7-12-17)18-13-8-5-9-14-18/h4-9,11-14,19-20,25H,10,15-16H2,1-3H3/q+1. The minimum atomic E-state index is -1.81. The number of ether oxygens (including phenoxy) is 1. The largest absolute Gasteiger partial charge is 0.453 e. The molecule has 1 saturated carbocycles. The molecule has 138 valence electrons. The number of carbonyl (C=O) groups excluding carboxylic acids is 1. The summed E-state index contributed by atoms with van der Waals surface area (Å²) in [4.78, 5) is 13.2. The summed E-state index contributed by atoms with van der Waals surface area (Å²) < 4.78 is 6.66. The van der Waals surface area contributed by atoms with Gasteiger partial charge in [0.05, 0.1) is 21.1 Å². The number of nitrogens with zero attached hydrogens (tertiary/aromatic N) is 1. The number of rotatable bonds is 5. The van der Waals surface area contributed by atoms with Gasteiger partial charge in [-0.25, -0.2) is 4.79 Å². The predicted octanol–water partition coefficient (Wildman–Crippen LogP) is 3.09. The summed E-state index contributed by atoms with van der Waals surface area (Å²) in [5.41, 5.74) is -0.757. The molecule has 2 aromatic carbocycles. The number of benzene rings is 2. The fourth-order valence-corrected chi connectivity index (χ4v) is 3.91. The number of aliphatic hydroxyl groups is 1. The first kappa shape index (κ1) is 18.6. The molecule has 0 amide bonds. The van der Waals surface area contributed by atoms with Crippen LogP contribution in [0.3, 0.4) is 0 Å². The van der Waals surface area contributed by atoms with Crippen LogP contribution in [0.25, 0.3) is 0 Å². The Morgan fingerprint density at radius 3 is 1.92 bits per heavy atom. The first-order valence-electron chi connectivity index (χ1n) is 9.19. The van der Waals surface area contributed by atoms with Crippen LogP contribution in [-0.2, 0) is 15.1 Å². The smallest absolute Gasteiger partial charge is 0.348 e. The molecule has 2 atom stereocenters. The van der Waals surface area contributed by atoms with Crippen LogP contribution >= 0.6 is 0 Å². The molecule has 0 saturated heterocycles. The van der Waals surface area contributed by atoms with E-state index in [-0.39, 0.29) is 12.1 Å². The molecule has 0 radical (unpaired) electrons. The van der Waals surface area contributed by atoms with Gasteiger partial charge in [0, 0.05) is 6.42 Å². The van der Waals surface area contributed by atoms with E-state index in [1.165, 1.54) is 0 Å². The number of likely N-dealkylation sites (N-methyl/N-ethyl adjacent to an activating group) is 1. The number of carbonyl (C=O) groups is 1. The highest BCUT2D eigenvalue weighted by Gasteiger charge is 2.46. The van der Waals surface area contributed by atoms with Crippen molar-refractivity contribution in [2.45, 2.75) is 37.0 Å². The average Bonchev–Trinajstić information content (AvgIpc) is 3.11. The molecule has 2 aromatic rings. The molecule has 4 heteroatoms. The van der Waals surface area contributed by atoms with Gasteiger partial charge in [0.1, 0.15) is 6.04 Å². The Morgan fingerprint density at radius 2 is 1.46 bits per heavy atom. The molecular weight excluding hydrogens is 326 g/mol. The van der Waals surface area contributed by atoms with E-state index in [1.807, 2.05) is 36.4 Å². The minimum Gasteiger partial charge on any atom is -0.453 e. The summed E-state index contributed by atoms with van der Waals surface area (Å²) in [6, 6.07) is 18.3. The Bertz CT molecular complexity index is 697. The Balaban J connectivity index is 1.94. The monoisotopic (exact) mass is 354 g/mol. The Labute approximate surface area is 155 Å². The van der Waals surface area contributed by atoms with Crippen LogP contribution in [0.2, 0.25) is 0 Å². The lowest BCUT2D eigenvalue weighted by Crippen LogP contribution is -2.51. The topological polar surface area (TPSA) is 46.5 Å². The summed E-state index contributed by atoms with van der Waals surface area (Å²) >= 11 is 0. The number of hydrogen-bond acceptors (Lipinski definition) is 3. The van der Waals surface area contributed by atoms with Gasteiger partial charge in [-0.1, -0.05) is 60.7 Å². The summed E-state index contributed by atoms with van der Waals surface area (Å²) in [6.07, 6.45) is 2.72. The molecule has 1 N–H and O–H groups in total. The molecule has 0 aliphatic heterocycles. The second-order valence-electron chi connectivity index (χ2n) is 8.00. The first-order valence-corrected chi connectivity index (χ1v) is 9.19. The van der Waals surface area contributed by atoms with E-state index in [0.29, 0.717) is 11.1 Å². The number of esters is 1. The Kier molecular flexibility index (Phi) is 5.17. The van der Waals surface area contributed by atoms with E-state index in [0.717, 1.165) is 23.7 Å². The lowest BCUT2D eigenvalue weighted by molar-refractivity contribution is -0.898. The van der Waals surface area contributed by atoms with Crippen molar-refractivity contribution in [1.29, 1.82) is 0 Å². The quantitative estimate of drug-likeness (QED) is 0.663. The van der Waals surface area contributed by atoms with Crippen molar-refractivity contribution in [1.82, 2.24) is 0 Å². The van der Waals surface area contributed by atoms with Gasteiger partial charge in [0.25, 0.3) is 0 Å². The van der Waals surface area contributed by atoms with Gasteiger partial charge in [-0.2, -0.15) is 0 Å². The van der Waals surface area contributed by atoms with Crippen molar-refractivity contribution in [3.05, 3.63) is 71.8 Å². The van der Waals surface area contributed by atoms with Crippen LogP contribution < -0.4 is 0 Å². The molecule has 3 rings (SSSR count). The highest BCUT2D eigenvalue weighted by atomic mass is 16.6. The Hall–Kier alpha value is -2.17. The molecule has 2 unspecified atom stereocenters. The second-order valence-corrected chi connectivity index (χ2v) is 8.00. The number of hydrogen-bond donors (Lipinski definition) is 1. The molecule has 0 aromatic heterocycles. The summed E-state index contributed by atoms with van der Waals surface area (Å²) in [5.74, 6) is -0.597. The maximum atomic E-state index is 13.2. The molecule has 4 nitrogen and oxygen atoms in total. The zero-order chi connectivity index (χ0) is 18.8. The SMILES string of the molecule is C[N+](C)(C)C1CCCC1OC(=O)C(O)(c1ccccc1)c1ccccc1. The van der Waals surface area contributed by atoms with Crippen molar-refractivity contribution in [2.24, 2.45) is 0 Å². The highest BCUT2D eigenvalue weighted by Crippen LogP contribution is 2.35. The number of quaternary nitrogens is 1. The van der Waals surface area contributed by atoms with Crippen LogP contribution in [-0.4, -0.2) is 48.8 Å². The molecule has 0 spiro atoms. The second kappa shape index (κ2) is 7.22. The van der Waals surface area contributed by atoms with Crippen LogP contribution in [0.5, 0.6) is 0 Å². The van der Waals surface area contributed by atoms with Crippen molar-refractivity contribution in [2.75, 3.05) is 21.1 Å². The summed E-state index contributed by atoms with van der Waals surface area (Å²) in [5, 5.41) is 11.5. The highest BCUT2D eigenvalue weighted by molar-refractivity contribution is 5.85. The van der Waals surface area contributed by atoms with Crippen molar-refractivity contribution < 1.29 is 19.1 Å². The molecule has 1 aliphatic rings. The van der Waals surface area contributed by atoms with Crippen LogP contribution in [0.4, 0.5) is 0 Å².